The van der Waals surface area contributed by atoms with Crippen LogP contribution in [0, 0.1) is 11.8 Å². The second-order valence-electron chi connectivity index (χ2n) is 5.74. The smallest absolute Gasteiger partial charge is 0.226 e. The summed E-state index contributed by atoms with van der Waals surface area (Å²) in [5.74, 6) is 1.29. The van der Waals surface area contributed by atoms with Crippen molar-refractivity contribution >= 4 is 5.91 Å². The molecule has 17 heavy (non-hydrogen) atoms. The Morgan fingerprint density at radius 1 is 1.29 bits per heavy atom. The summed E-state index contributed by atoms with van der Waals surface area (Å²) in [5.41, 5.74) is 0. The van der Waals surface area contributed by atoms with E-state index in [9.17, 15) is 4.79 Å². The van der Waals surface area contributed by atoms with Gasteiger partial charge in [0.1, 0.15) is 0 Å². The summed E-state index contributed by atoms with van der Waals surface area (Å²) in [7, 11) is 1.92. The van der Waals surface area contributed by atoms with Crippen molar-refractivity contribution in [3.8, 4) is 0 Å². The number of nitrogens with one attached hydrogen (secondary N) is 1. The number of amides is 1. The van der Waals surface area contributed by atoms with Gasteiger partial charge in [0.25, 0.3) is 0 Å². The Kier molecular flexibility index (Phi) is 4.43. The van der Waals surface area contributed by atoms with Gasteiger partial charge in [-0.2, -0.15) is 0 Å². The second kappa shape index (κ2) is 5.85. The molecule has 3 nitrogen and oxygen atoms in total. The maximum atomic E-state index is 12.4. The number of carbonyl (C=O) groups excluding carboxylic acids is 1. The molecule has 1 heterocycles. The van der Waals surface area contributed by atoms with E-state index in [-0.39, 0.29) is 5.92 Å². The number of nitrogens with zero attached hydrogens (tertiary/aromatic N) is 1. The van der Waals surface area contributed by atoms with Crippen LogP contribution < -0.4 is 5.32 Å². The monoisotopic (exact) mass is 238 g/mol. The van der Waals surface area contributed by atoms with Crippen LogP contribution in [-0.2, 0) is 4.79 Å². The van der Waals surface area contributed by atoms with E-state index in [0.717, 1.165) is 19.0 Å². The van der Waals surface area contributed by atoms with Gasteiger partial charge in [0.2, 0.25) is 5.91 Å². The third-order valence-electron chi connectivity index (χ3n) is 4.46. The van der Waals surface area contributed by atoms with Crippen LogP contribution in [0.5, 0.6) is 0 Å². The first-order chi connectivity index (χ1) is 8.24. The van der Waals surface area contributed by atoms with Crippen LogP contribution in [0.3, 0.4) is 0 Å². The van der Waals surface area contributed by atoms with E-state index in [2.05, 4.69) is 10.2 Å². The zero-order valence-electron chi connectivity index (χ0n) is 11.2. The van der Waals surface area contributed by atoms with Crippen LogP contribution in [0.1, 0.15) is 45.4 Å². The van der Waals surface area contributed by atoms with E-state index >= 15 is 0 Å². The van der Waals surface area contributed by atoms with E-state index in [0.29, 0.717) is 11.9 Å². The van der Waals surface area contributed by atoms with Crippen LogP contribution in [-0.4, -0.2) is 37.0 Å². The summed E-state index contributed by atoms with van der Waals surface area (Å²) in [6.07, 6.45) is 7.81. The van der Waals surface area contributed by atoms with Crippen molar-refractivity contribution in [3.63, 3.8) is 0 Å². The molecule has 2 aliphatic rings. The first-order valence-corrected chi connectivity index (χ1v) is 7.19. The number of fused-ring (bicyclic) bond motifs is 1. The fourth-order valence-electron chi connectivity index (χ4n) is 3.57. The Morgan fingerprint density at radius 2 is 2.00 bits per heavy atom. The van der Waals surface area contributed by atoms with Crippen molar-refractivity contribution in [2.24, 2.45) is 11.8 Å². The zero-order chi connectivity index (χ0) is 12.3. The first kappa shape index (κ1) is 12.9. The fraction of sp³-hybridized carbons (Fsp3) is 0.929. The van der Waals surface area contributed by atoms with Crippen molar-refractivity contribution in [3.05, 3.63) is 0 Å². The highest BCUT2D eigenvalue weighted by Crippen LogP contribution is 2.35. The lowest BCUT2D eigenvalue weighted by molar-refractivity contribution is -0.141. The summed E-state index contributed by atoms with van der Waals surface area (Å²) in [5, 5.41) is 3.11. The van der Waals surface area contributed by atoms with E-state index < -0.39 is 0 Å². The van der Waals surface area contributed by atoms with Crippen LogP contribution in [0.25, 0.3) is 0 Å². The molecule has 3 heteroatoms. The molecular formula is C14H26N2O. The molecule has 98 valence electrons. The van der Waals surface area contributed by atoms with Crippen molar-refractivity contribution < 1.29 is 4.79 Å². The second-order valence-corrected chi connectivity index (χ2v) is 5.74. The van der Waals surface area contributed by atoms with Crippen LogP contribution in [0.4, 0.5) is 0 Å². The Bertz CT molecular complexity index is 265. The number of piperidine rings is 1. The lowest BCUT2D eigenvalue weighted by Crippen LogP contribution is -2.52. The van der Waals surface area contributed by atoms with Crippen LogP contribution in [0.2, 0.25) is 0 Å². The van der Waals surface area contributed by atoms with E-state index in [1.807, 2.05) is 14.0 Å². The highest BCUT2D eigenvalue weighted by Gasteiger charge is 2.36. The third kappa shape index (κ3) is 2.82. The van der Waals surface area contributed by atoms with Gasteiger partial charge in [-0.1, -0.05) is 19.8 Å². The molecule has 1 aliphatic heterocycles. The molecule has 0 aromatic rings. The number of hydrogen-bond acceptors (Lipinski definition) is 2. The van der Waals surface area contributed by atoms with Crippen LogP contribution >= 0.6 is 0 Å². The van der Waals surface area contributed by atoms with Gasteiger partial charge >= 0.3 is 0 Å². The molecule has 2 rings (SSSR count). The highest BCUT2D eigenvalue weighted by atomic mass is 16.2. The number of rotatable bonds is 3. The Balaban J connectivity index is 2.00. The molecule has 1 saturated heterocycles. The quantitative estimate of drug-likeness (QED) is 0.816. The van der Waals surface area contributed by atoms with Gasteiger partial charge in [0.05, 0.1) is 0 Å². The topological polar surface area (TPSA) is 32.3 Å². The van der Waals surface area contributed by atoms with E-state index in [1.54, 1.807) is 0 Å². The average molecular weight is 238 g/mol. The number of carbonyl (C=O) groups is 1. The maximum Gasteiger partial charge on any atom is 0.226 e. The summed E-state index contributed by atoms with van der Waals surface area (Å²) >= 11 is 0. The van der Waals surface area contributed by atoms with Crippen molar-refractivity contribution in [2.45, 2.75) is 51.5 Å². The van der Waals surface area contributed by atoms with E-state index in [4.69, 9.17) is 0 Å². The van der Waals surface area contributed by atoms with Gasteiger partial charge in [-0.25, -0.2) is 0 Å². The standard InChI is InChI=1S/C14H26N2O/c1-11(10-15-2)14(17)16-9-5-7-12-6-3-4-8-13(12)16/h11-13,15H,3-10H2,1-2H3/t11?,12-,13-/m1/s1. The number of likely N-dealkylation sites (tertiary alicyclic amines) is 1. The molecule has 0 bridgehead atoms. The minimum atomic E-state index is 0.126. The number of hydrogen-bond donors (Lipinski definition) is 1. The fourth-order valence-corrected chi connectivity index (χ4v) is 3.57. The largest absolute Gasteiger partial charge is 0.339 e. The molecule has 1 unspecified atom stereocenters. The van der Waals surface area contributed by atoms with Gasteiger partial charge in [-0.15, -0.1) is 0 Å². The van der Waals surface area contributed by atoms with Crippen molar-refractivity contribution in [1.82, 2.24) is 10.2 Å². The predicted molar refractivity (Wildman–Crippen MR) is 69.8 cm³/mol. The summed E-state index contributed by atoms with van der Waals surface area (Å²) in [6.45, 7) is 3.84. The predicted octanol–water partition coefficient (Wildman–Crippen LogP) is 2.02. The molecular weight excluding hydrogens is 212 g/mol. The molecule has 0 aromatic heterocycles. The zero-order valence-corrected chi connectivity index (χ0v) is 11.2. The SMILES string of the molecule is CNCC(C)C(=O)N1CCC[C@H]2CCCC[C@H]21. The van der Waals surface area contributed by atoms with Gasteiger partial charge in [0, 0.05) is 25.0 Å². The molecule has 1 saturated carbocycles. The molecule has 0 spiro atoms. The molecule has 1 aliphatic carbocycles. The Hall–Kier alpha value is -0.570. The van der Waals surface area contributed by atoms with Crippen molar-refractivity contribution in [1.29, 1.82) is 0 Å². The lowest BCUT2D eigenvalue weighted by Gasteiger charge is -2.45. The minimum Gasteiger partial charge on any atom is -0.339 e. The molecule has 2 fully saturated rings. The Labute approximate surface area is 105 Å². The normalized spacial score (nSPS) is 30.8. The maximum absolute atomic E-state index is 12.4. The van der Waals surface area contributed by atoms with Gasteiger partial charge in [-0.05, 0) is 38.6 Å². The summed E-state index contributed by atoms with van der Waals surface area (Å²) in [4.78, 5) is 14.6. The van der Waals surface area contributed by atoms with Gasteiger partial charge in [0.15, 0.2) is 0 Å². The minimum absolute atomic E-state index is 0.126. The highest BCUT2D eigenvalue weighted by molar-refractivity contribution is 5.79. The lowest BCUT2D eigenvalue weighted by atomic mass is 9.78. The summed E-state index contributed by atoms with van der Waals surface area (Å²) < 4.78 is 0. The first-order valence-electron chi connectivity index (χ1n) is 7.19. The van der Waals surface area contributed by atoms with E-state index in [1.165, 1.54) is 38.5 Å². The van der Waals surface area contributed by atoms with Gasteiger partial charge in [-0.3, -0.25) is 4.79 Å². The van der Waals surface area contributed by atoms with Crippen LogP contribution in [0.15, 0.2) is 0 Å². The average Bonchev–Trinajstić information content (AvgIpc) is 2.37. The molecule has 3 atom stereocenters. The van der Waals surface area contributed by atoms with Crippen molar-refractivity contribution in [2.75, 3.05) is 20.1 Å². The molecule has 0 radical (unpaired) electrons. The Morgan fingerprint density at radius 3 is 2.76 bits per heavy atom. The summed E-state index contributed by atoms with van der Waals surface area (Å²) in [6, 6.07) is 0.560. The molecule has 0 aromatic carbocycles. The molecule has 1 N–H and O–H groups in total. The van der Waals surface area contributed by atoms with Gasteiger partial charge < -0.3 is 10.2 Å². The molecule has 1 amide bonds. The third-order valence-corrected chi connectivity index (χ3v) is 4.46.